The van der Waals surface area contributed by atoms with Gasteiger partial charge >= 0.3 is 0 Å². The first-order valence-electron chi connectivity index (χ1n) is 10.6. The molecule has 1 atom stereocenters. The molecule has 0 aliphatic heterocycles. The average Bonchev–Trinajstić information content (AvgIpc) is 2.80. The van der Waals surface area contributed by atoms with Crippen molar-refractivity contribution in [3.05, 3.63) is 47.5 Å². The highest BCUT2D eigenvalue weighted by Crippen LogP contribution is 2.31. The van der Waals surface area contributed by atoms with Crippen molar-refractivity contribution in [1.82, 2.24) is 10.0 Å². The van der Waals surface area contributed by atoms with E-state index in [2.05, 4.69) is 10.0 Å². The number of amides is 1. The highest BCUT2D eigenvalue weighted by atomic mass is 32.2. The van der Waals surface area contributed by atoms with Gasteiger partial charge in [0, 0.05) is 5.56 Å². The van der Waals surface area contributed by atoms with Crippen LogP contribution in [0.5, 0.6) is 17.2 Å². The monoisotopic (exact) mass is 464 g/mol. The van der Waals surface area contributed by atoms with Crippen LogP contribution in [0.2, 0.25) is 0 Å². The van der Waals surface area contributed by atoms with Gasteiger partial charge in [-0.2, -0.15) is 0 Å². The molecule has 0 fully saturated rings. The minimum atomic E-state index is -3.79. The molecule has 2 aromatic rings. The number of methoxy groups -OCH3 is 1. The van der Waals surface area contributed by atoms with Crippen molar-refractivity contribution in [3.63, 3.8) is 0 Å². The molecule has 9 heteroatoms. The molecule has 2 rings (SSSR count). The molecule has 8 nitrogen and oxygen atoms in total. The zero-order valence-corrected chi connectivity index (χ0v) is 20.0. The maximum absolute atomic E-state index is 12.8. The summed E-state index contributed by atoms with van der Waals surface area (Å²) in [5.74, 6) is 1.05. The van der Waals surface area contributed by atoms with Crippen molar-refractivity contribution in [1.29, 1.82) is 0 Å². The van der Waals surface area contributed by atoms with Gasteiger partial charge in [0.25, 0.3) is 5.91 Å². The molecule has 2 N–H and O–H groups in total. The number of benzene rings is 2. The van der Waals surface area contributed by atoms with E-state index in [1.54, 1.807) is 0 Å². The maximum atomic E-state index is 12.8. The van der Waals surface area contributed by atoms with Gasteiger partial charge in [-0.05, 0) is 62.7 Å². The second-order valence-electron chi connectivity index (χ2n) is 7.17. The molecule has 0 spiro atoms. The lowest BCUT2D eigenvalue weighted by atomic mass is 10.1. The predicted octanol–water partition coefficient (Wildman–Crippen LogP) is 3.67. The Bertz CT molecular complexity index is 1020. The predicted molar refractivity (Wildman–Crippen MR) is 123 cm³/mol. The Morgan fingerprint density at radius 1 is 0.969 bits per heavy atom. The largest absolute Gasteiger partial charge is 0.495 e. The second-order valence-corrected chi connectivity index (χ2v) is 9.03. The van der Waals surface area contributed by atoms with Crippen LogP contribution in [0.15, 0.2) is 41.3 Å². The first-order valence-corrected chi connectivity index (χ1v) is 12.1. The van der Waals surface area contributed by atoms with Crippen LogP contribution < -0.4 is 24.2 Å². The number of carbonyl (C=O) groups is 1. The summed E-state index contributed by atoms with van der Waals surface area (Å²) in [5, 5.41) is 2.90. The second kappa shape index (κ2) is 11.7. The molecule has 0 unspecified atom stereocenters. The summed E-state index contributed by atoms with van der Waals surface area (Å²) in [6.07, 6.45) is 1.74. The Labute approximate surface area is 190 Å². The lowest BCUT2D eigenvalue weighted by Crippen LogP contribution is -2.27. The number of sulfonamides is 1. The Balaban J connectivity index is 2.26. The summed E-state index contributed by atoms with van der Waals surface area (Å²) in [4.78, 5) is 12.7. The van der Waals surface area contributed by atoms with Gasteiger partial charge in [0.1, 0.15) is 10.6 Å². The molecule has 32 heavy (non-hydrogen) atoms. The fraction of sp³-hybridized carbons (Fsp3) is 0.435. The number of nitrogens with one attached hydrogen (secondary N) is 2. The fourth-order valence-corrected chi connectivity index (χ4v) is 3.87. The normalized spacial score (nSPS) is 12.2. The van der Waals surface area contributed by atoms with Gasteiger partial charge in [-0.3, -0.25) is 4.79 Å². The number of carbonyl (C=O) groups excluding carboxylic acids is 1. The number of hydrogen-bond donors (Lipinski definition) is 2. The number of ether oxygens (including phenoxy) is 3. The number of hydrogen-bond acceptors (Lipinski definition) is 6. The topological polar surface area (TPSA) is 103 Å². The van der Waals surface area contributed by atoms with Gasteiger partial charge in [0.15, 0.2) is 11.5 Å². The van der Waals surface area contributed by atoms with E-state index in [4.69, 9.17) is 14.2 Å². The van der Waals surface area contributed by atoms with Crippen molar-refractivity contribution in [2.24, 2.45) is 0 Å². The van der Waals surface area contributed by atoms with Crippen molar-refractivity contribution < 1.29 is 27.4 Å². The Hall–Kier alpha value is -2.78. The summed E-state index contributed by atoms with van der Waals surface area (Å²) in [6, 6.07) is 9.50. The van der Waals surface area contributed by atoms with Gasteiger partial charge in [0.2, 0.25) is 10.0 Å². The molecule has 0 aliphatic rings. The molecular weight excluding hydrogens is 432 g/mol. The van der Waals surface area contributed by atoms with E-state index in [9.17, 15) is 13.2 Å². The van der Waals surface area contributed by atoms with E-state index in [0.717, 1.165) is 18.4 Å². The van der Waals surface area contributed by atoms with E-state index in [-0.39, 0.29) is 22.3 Å². The van der Waals surface area contributed by atoms with Gasteiger partial charge in [-0.1, -0.05) is 19.9 Å². The van der Waals surface area contributed by atoms with E-state index >= 15 is 0 Å². The first kappa shape index (κ1) is 25.5. The SMILES string of the molecule is CCCOc1ccc([C@H](C)NC(=O)c2ccc(OC)c(S(=O)(=O)NC)c2)cc1OCCC. The van der Waals surface area contributed by atoms with Gasteiger partial charge in [-0.25, -0.2) is 13.1 Å². The van der Waals surface area contributed by atoms with Crippen molar-refractivity contribution in [2.45, 2.75) is 44.6 Å². The van der Waals surface area contributed by atoms with Crippen LogP contribution in [-0.2, 0) is 10.0 Å². The smallest absolute Gasteiger partial charge is 0.251 e. The first-order chi connectivity index (χ1) is 15.3. The van der Waals surface area contributed by atoms with Crippen LogP contribution >= 0.6 is 0 Å². The zero-order valence-electron chi connectivity index (χ0n) is 19.2. The van der Waals surface area contributed by atoms with E-state index in [1.807, 2.05) is 39.0 Å². The van der Waals surface area contributed by atoms with Gasteiger partial charge in [-0.15, -0.1) is 0 Å². The molecule has 0 saturated heterocycles. The Morgan fingerprint density at radius 3 is 2.19 bits per heavy atom. The lowest BCUT2D eigenvalue weighted by molar-refractivity contribution is 0.0939. The van der Waals surface area contributed by atoms with E-state index in [0.29, 0.717) is 24.7 Å². The van der Waals surface area contributed by atoms with Crippen LogP contribution in [0.3, 0.4) is 0 Å². The molecule has 1 amide bonds. The molecule has 176 valence electrons. The Kier molecular flexibility index (Phi) is 9.34. The quantitative estimate of drug-likeness (QED) is 0.497. The summed E-state index contributed by atoms with van der Waals surface area (Å²) >= 11 is 0. The molecular formula is C23H32N2O6S. The third kappa shape index (κ3) is 6.37. The average molecular weight is 465 g/mol. The third-order valence-corrected chi connectivity index (χ3v) is 6.16. The standard InChI is InChI=1S/C23H32N2O6S/c1-6-12-30-19-10-8-17(14-21(19)31-13-7-2)16(3)25-23(26)18-9-11-20(29-5)22(15-18)32(27,28)24-4/h8-11,14-16,24H,6-7,12-13H2,1-5H3,(H,25,26)/t16-/m0/s1. The molecule has 0 aliphatic carbocycles. The van der Waals surface area contributed by atoms with Crippen LogP contribution in [-0.4, -0.2) is 41.7 Å². The molecule has 2 aromatic carbocycles. The van der Waals surface area contributed by atoms with Gasteiger partial charge in [0.05, 0.1) is 26.4 Å². The van der Waals surface area contributed by atoms with Crippen molar-refractivity contribution >= 4 is 15.9 Å². The van der Waals surface area contributed by atoms with E-state index in [1.165, 1.54) is 32.4 Å². The van der Waals surface area contributed by atoms with E-state index < -0.39 is 15.9 Å². The highest BCUT2D eigenvalue weighted by Gasteiger charge is 2.21. The molecule has 0 radical (unpaired) electrons. The van der Waals surface area contributed by atoms with Crippen LogP contribution in [0.25, 0.3) is 0 Å². The summed E-state index contributed by atoms with van der Waals surface area (Å²) in [5.41, 5.74) is 1.04. The lowest BCUT2D eigenvalue weighted by Gasteiger charge is -2.18. The van der Waals surface area contributed by atoms with Gasteiger partial charge < -0.3 is 19.5 Å². The number of rotatable bonds is 12. The van der Waals surface area contributed by atoms with Crippen molar-refractivity contribution in [3.8, 4) is 17.2 Å². The minimum absolute atomic E-state index is 0.101. The highest BCUT2D eigenvalue weighted by molar-refractivity contribution is 7.89. The summed E-state index contributed by atoms with van der Waals surface area (Å²) < 4.78 is 43.5. The molecule has 0 saturated carbocycles. The molecule has 0 bridgehead atoms. The third-order valence-electron chi connectivity index (χ3n) is 4.72. The molecule has 0 aromatic heterocycles. The van der Waals surface area contributed by atoms with Crippen LogP contribution in [0.1, 0.15) is 55.6 Å². The van der Waals surface area contributed by atoms with Crippen molar-refractivity contribution in [2.75, 3.05) is 27.4 Å². The summed E-state index contributed by atoms with van der Waals surface area (Å²) in [7, 11) is -1.12. The maximum Gasteiger partial charge on any atom is 0.251 e. The molecule has 0 heterocycles. The minimum Gasteiger partial charge on any atom is -0.495 e. The fourth-order valence-electron chi connectivity index (χ4n) is 2.95. The summed E-state index contributed by atoms with van der Waals surface area (Å²) in [6.45, 7) is 7.05. The zero-order chi connectivity index (χ0) is 23.7. The van der Waals surface area contributed by atoms with Crippen LogP contribution in [0, 0.1) is 0 Å². The van der Waals surface area contributed by atoms with Crippen LogP contribution in [0.4, 0.5) is 0 Å². The Morgan fingerprint density at radius 2 is 1.59 bits per heavy atom.